The second-order valence-electron chi connectivity index (χ2n) is 5.47. The molecule has 2 rings (SSSR count). The van der Waals surface area contributed by atoms with Crippen molar-refractivity contribution in [3.8, 4) is 0 Å². The Balaban J connectivity index is 1.86. The van der Waals surface area contributed by atoms with Crippen LogP contribution in [0.1, 0.15) is 35.2 Å². The minimum atomic E-state index is 0.0789. The Morgan fingerprint density at radius 1 is 1.43 bits per heavy atom. The molecule has 0 spiro atoms. The van der Waals surface area contributed by atoms with Crippen LogP contribution in [0.25, 0.3) is 0 Å². The van der Waals surface area contributed by atoms with E-state index in [1.807, 2.05) is 17.9 Å². The van der Waals surface area contributed by atoms with Crippen molar-refractivity contribution in [3.05, 3.63) is 34.3 Å². The van der Waals surface area contributed by atoms with Crippen LogP contribution in [0.2, 0.25) is 5.02 Å². The molecule has 0 bridgehead atoms. The Kier molecular flexibility index (Phi) is 6.03. The fourth-order valence-electron chi connectivity index (χ4n) is 2.52. The van der Waals surface area contributed by atoms with Crippen molar-refractivity contribution in [2.75, 3.05) is 26.2 Å². The third-order valence-corrected chi connectivity index (χ3v) is 4.26. The molecule has 0 unspecified atom stereocenters. The van der Waals surface area contributed by atoms with Gasteiger partial charge >= 0.3 is 0 Å². The third kappa shape index (κ3) is 4.43. The van der Waals surface area contributed by atoms with E-state index in [1.165, 1.54) is 0 Å². The highest BCUT2D eigenvalue weighted by Gasteiger charge is 2.24. The van der Waals surface area contributed by atoms with Gasteiger partial charge in [-0.2, -0.15) is 0 Å². The zero-order valence-electron chi connectivity index (χ0n) is 12.5. The number of nitrogens with zero attached hydrogens (tertiary/aromatic N) is 1. The number of rotatable bonds is 5. The summed E-state index contributed by atoms with van der Waals surface area (Å²) in [5.41, 5.74) is 7.09. The lowest BCUT2D eigenvalue weighted by molar-refractivity contribution is 0.00844. The number of benzene rings is 1. The van der Waals surface area contributed by atoms with Crippen molar-refractivity contribution in [1.29, 1.82) is 0 Å². The summed E-state index contributed by atoms with van der Waals surface area (Å²) >= 11 is 6.00. The van der Waals surface area contributed by atoms with E-state index in [0.29, 0.717) is 23.7 Å². The summed E-state index contributed by atoms with van der Waals surface area (Å²) in [6.45, 7) is 4.77. The first-order valence-corrected chi connectivity index (χ1v) is 7.86. The van der Waals surface area contributed by atoms with E-state index in [2.05, 4.69) is 0 Å². The van der Waals surface area contributed by atoms with Crippen LogP contribution in [-0.4, -0.2) is 43.2 Å². The zero-order chi connectivity index (χ0) is 15.2. The van der Waals surface area contributed by atoms with Crippen molar-refractivity contribution < 1.29 is 9.53 Å². The summed E-state index contributed by atoms with van der Waals surface area (Å²) in [4.78, 5) is 14.4. The molecule has 1 amide bonds. The van der Waals surface area contributed by atoms with Crippen LogP contribution in [0.4, 0.5) is 0 Å². The van der Waals surface area contributed by atoms with Gasteiger partial charge in [0.25, 0.3) is 5.91 Å². The number of ether oxygens (including phenoxy) is 1. The van der Waals surface area contributed by atoms with Crippen molar-refractivity contribution in [2.24, 2.45) is 5.73 Å². The molecule has 0 saturated carbocycles. The lowest BCUT2D eigenvalue weighted by Gasteiger charge is -2.32. The van der Waals surface area contributed by atoms with Crippen LogP contribution >= 0.6 is 11.6 Å². The molecule has 1 saturated heterocycles. The summed E-state index contributed by atoms with van der Waals surface area (Å²) in [6, 6.07) is 5.43. The number of likely N-dealkylation sites (tertiary alicyclic amines) is 1. The summed E-state index contributed by atoms with van der Waals surface area (Å²) in [5, 5.41) is 0.693. The lowest BCUT2D eigenvalue weighted by atomic mass is 10.1. The van der Waals surface area contributed by atoms with Gasteiger partial charge in [0, 0.05) is 30.3 Å². The number of hydrogen-bond acceptors (Lipinski definition) is 3. The van der Waals surface area contributed by atoms with Crippen LogP contribution in [0.5, 0.6) is 0 Å². The molecule has 1 aliphatic heterocycles. The molecule has 1 heterocycles. The number of nitrogens with two attached hydrogens (primary N) is 1. The molecular weight excluding hydrogens is 288 g/mol. The fraction of sp³-hybridized carbons (Fsp3) is 0.562. The maximum Gasteiger partial charge on any atom is 0.253 e. The van der Waals surface area contributed by atoms with E-state index in [1.54, 1.807) is 12.1 Å². The molecular formula is C16H23ClN2O2. The average Bonchev–Trinajstić information content (AvgIpc) is 2.50. The third-order valence-electron chi connectivity index (χ3n) is 3.84. The molecule has 0 atom stereocenters. The first-order valence-electron chi connectivity index (χ1n) is 7.49. The van der Waals surface area contributed by atoms with Gasteiger partial charge in [0.1, 0.15) is 0 Å². The zero-order valence-corrected chi connectivity index (χ0v) is 13.2. The maximum atomic E-state index is 12.5. The Bertz CT molecular complexity index is 485. The highest BCUT2D eigenvalue weighted by Crippen LogP contribution is 2.20. The van der Waals surface area contributed by atoms with E-state index >= 15 is 0 Å². The Morgan fingerprint density at radius 2 is 2.14 bits per heavy atom. The number of aryl methyl sites for hydroxylation is 1. The summed E-state index contributed by atoms with van der Waals surface area (Å²) in [7, 11) is 0. The van der Waals surface area contributed by atoms with E-state index < -0.39 is 0 Å². The molecule has 1 aliphatic rings. The molecule has 0 aliphatic carbocycles. The second-order valence-corrected chi connectivity index (χ2v) is 5.88. The van der Waals surface area contributed by atoms with Crippen molar-refractivity contribution in [3.63, 3.8) is 0 Å². The van der Waals surface area contributed by atoms with Crippen LogP contribution in [0.3, 0.4) is 0 Å². The monoisotopic (exact) mass is 310 g/mol. The predicted molar refractivity (Wildman–Crippen MR) is 84.7 cm³/mol. The van der Waals surface area contributed by atoms with Gasteiger partial charge in [-0.1, -0.05) is 11.6 Å². The molecule has 116 valence electrons. The molecule has 0 aromatic heterocycles. The lowest BCUT2D eigenvalue weighted by Crippen LogP contribution is -2.41. The topological polar surface area (TPSA) is 55.6 Å². The predicted octanol–water partition coefficient (Wildman–Crippen LogP) is 2.62. The van der Waals surface area contributed by atoms with Gasteiger partial charge in [-0.25, -0.2) is 0 Å². The Morgan fingerprint density at radius 3 is 2.76 bits per heavy atom. The van der Waals surface area contributed by atoms with E-state index in [0.717, 1.165) is 37.9 Å². The van der Waals surface area contributed by atoms with Crippen LogP contribution in [0, 0.1) is 6.92 Å². The number of piperidine rings is 1. The quantitative estimate of drug-likeness (QED) is 0.851. The largest absolute Gasteiger partial charge is 0.378 e. The van der Waals surface area contributed by atoms with Gasteiger partial charge < -0.3 is 15.4 Å². The molecule has 1 aromatic carbocycles. The van der Waals surface area contributed by atoms with Gasteiger partial charge in [-0.05, 0) is 56.5 Å². The van der Waals surface area contributed by atoms with Gasteiger partial charge in [0.15, 0.2) is 0 Å². The SMILES string of the molecule is Cc1cc(C(=O)N2CCC(OCCCN)CC2)ccc1Cl. The Labute approximate surface area is 131 Å². The number of carbonyl (C=O) groups is 1. The summed E-state index contributed by atoms with van der Waals surface area (Å²) in [5.74, 6) is 0.0789. The van der Waals surface area contributed by atoms with Gasteiger partial charge in [-0.3, -0.25) is 4.79 Å². The Hall–Kier alpha value is -1.10. The highest BCUT2D eigenvalue weighted by atomic mass is 35.5. The smallest absolute Gasteiger partial charge is 0.253 e. The molecule has 5 heteroatoms. The first-order chi connectivity index (χ1) is 10.1. The average molecular weight is 311 g/mol. The number of carbonyl (C=O) groups excluding carboxylic acids is 1. The first kappa shape index (κ1) is 16.3. The van der Waals surface area contributed by atoms with E-state index in [9.17, 15) is 4.79 Å². The molecule has 21 heavy (non-hydrogen) atoms. The van der Waals surface area contributed by atoms with Gasteiger partial charge in [0.2, 0.25) is 0 Å². The number of hydrogen-bond donors (Lipinski definition) is 1. The molecule has 0 radical (unpaired) electrons. The van der Waals surface area contributed by atoms with Gasteiger partial charge in [-0.15, -0.1) is 0 Å². The molecule has 2 N–H and O–H groups in total. The summed E-state index contributed by atoms with van der Waals surface area (Å²) in [6.07, 6.45) is 2.93. The molecule has 1 fully saturated rings. The standard InChI is InChI=1S/C16H23ClN2O2/c1-12-11-13(3-4-15(12)17)16(20)19-8-5-14(6-9-19)21-10-2-7-18/h3-4,11,14H,2,5-10,18H2,1H3. The number of amides is 1. The van der Waals surface area contributed by atoms with Crippen LogP contribution < -0.4 is 5.73 Å². The summed E-state index contributed by atoms with van der Waals surface area (Å²) < 4.78 is 5.76. The second kappa shape index (κ2) is 7.78. The number of halogens is 1. The van der Waals surface area contributed by atoms with Crippen molar-refractivity contribution in [1.82, 2.24) is 4.90 Å². The van der Waals surface area contributed by atoms with Crippen LogP contribution in [-0.2, 0) is 4.74 Å². The van der Waals surface area contributed by atoms with Crippen LogP contribution in [0.15, 0.2) is 18.2 Å². The molecule has 1 aromatic rings. The normalized spacial score (nSPS) is 16.2. The minimum Gasteiger partial charge on any atom is -0.378 e. The molecule has 4 nitrogen and oxygen atoms in total. The van der Waals surface area contributed by atoms with Crippen molar-refractivity contribution in [2.45, 2.75) is 32.3 Å². The highest BCUT2D eigenvalue weighted by molar-refractivity contribution is 6.31. The van der Waals surface area contributed by atoms with Gasteiger partial charge in [0.05, 0.1) is 6.10 Å². The minimum absolute atomic E-state index is 0.0789. The fourth-order valence-corrected chi connectivity index (χ4v) is 2.64. The van der Waals surface area contributed by atoms with Crippen molar-refractivity contribution >= 4 is 17.5 Å². The maximum absolute atomic E-state index is 12.5. The van der Waals surface area contributed by atoms with E-state index in [-0.39, 0.29) is 12.0 Å². The van der Waals surface area contributed by atoms with E-state index in [4.69, 9.17) is 22.1 Å².